The number of nitrogens with two attached hydrogens (primary N) is 1. The Hall–Kier alpha value is -2.50. The number of aromatic nitrogens is 3. The standard InChI is InChI=1S/C13H10F2N4/c1-7-4-9(8-2-3-10(14)11(15)5-8)12-17-13(16)18-19(12)6-7/h2-6H,1H3,(H2,16,18). The highest BCUT2D eigenvalue weighted by molar-refractivity contribution is 5.78. The molecule has 3 aromatic rings. The summed E-state index contributed by atoms with van der Waals surface area (Å²) in [6.07, 6.45) is 1.77. The second kappa shape index (κ2) is 4.01. The minimum atomic E-state index is -0.898. The third-order valence-corrected chi connectivity index (χ3v) is 2.82. The summed E-state index contributed by atoms with van der Waals surface area (Å²) < 4.78 is 27.8. The molecule has 0 unspecified atom stereocenters. The van der Waals surface area contributed by atoms with E-state index >= 15 is 0 Å². The first-order valence-electron chi connectivity index (χ1n) is 5.62. The largest absolute Gasteiger partial charge is 0.366 e. The highest BCUT2D eigenvalue weighted by Gasteiger charge is 2.11. The third-order valence-electron chi connectivity index (χ3n) is 2.82. The van der Waals surface area contributed by atoms with Gasteiger partial charge in [0.2, 0.25) is 5.95 Å². The van der Waals surface area contributed by atoms with Crippen LogP contribution in [0.5, 0.6) is 0 Å². The normalized spacial score (nSPS) is 11.1. The van der Waals surface area contributed by atoms with Crippen molar-refractivity contribution in [1.82, 2.24) is 14.6 Å². The van der Waals surface area contributed by atoms with Gasteiger partial charge in [0.05, 0.1) is 0 Å². The van der Waals surface area contributed by atoms with Crippen LogP contribution in [0.2, 0.25) is 0 Å². The quantitative estimate of drug-likeness (QED) is 0.731. The van der Waals surface area contributed by atoms with Gasteiger partial charge < -0.3 is 5.73 Å². The third kappa shape index (κ3) is 1.91. The molecule has 0 aliphatic heterocycles. The van der Waals surface area contributed by atoms with E-state index < -0.39 is 11.6 Å². The molecule has 0 bridgehead atoms. The topological polar surface area (TPSA) is 56.2 Å². The maximum Gasteiger partial charge on any atom is 0.240 e. The van der Waals surface area contributed by atoms with E-state index in [2.05, 4.69) is 10.1 Å². The van der Waals surface area contributed by atoms with Crippen molar-refractivity contribution in [3.05, 3.63) is 47.7 Å². The van der Waals surface area contributed by atoms with Crippen molar-refractivity contribution in [1.29, 1.82) is 0 Å². The van der Waals surface area contributed by atoms with Crippen molar-refractivity contribution < 1.29 is 8.78 Å². The number of hydrogen-bond acceptors (Lipinski definition) is 3. The van der Waals surface area contributed by atoms with Gasteiger partial charge in [-0.15, -0.1) is 5.10 Å². The average Bonchev–Trinajstić information content (AvgIpc) is 2.72. The molecular formula is C13H10F2N4. The van der Waals surface area contributed by atoms with Crippen LogP contribution in [0.15, 0.2) is 30.5 Å². The van der Waals surface area contributed by atoms with Crippen molar-refractivity contribution >= 4 is 11.6 Å². The highest BCUT2D eigenvalue weighted by Crippen LogP contribution is 2.26. The van der Waals surface area contributed by atoms with Gasteiger partial charge in [0.1, 0.15) is 0 Å². The molecule has 0 aliphatic carbocycles. The SMILES string of the molecule is Cc1cc(-c2ccc(F)c(F)c2)c2nc(N)nn2c1. The summed E-state index contributed by atoms with van der Waals surface area (Å²) in [5.41, 5.74) is 8.17. The monoisotopic (exact) mass is 260 g/mol. The van der Waals surface area contributed by atoms with Crippen LogP contribution < -0.4 is 5.73 Å². The Morgan fingerprint density at radius 3 is 2.68 bits per heavy atom. The smallest absolute Gasteiger partial charge is 0.240 e. The van der Waals surface area contributed by atoms with Crippen LogP contribution in [0.1, 0.15) is 5.56 Å². The van der Waals surface area contributed by atoms with E-state index in [1.54, 1.807) is 6.20 Å². The molecule has 0 saturated carbocycles. The number of aryl methyl sites for hydroxylation is 1. The van der Waals surface area contributed by atoms with Crippen molar-refractivity contribution in [2.45, 2.75) is 6.92 Å². The summed E-state index contributed by atoms with van der Waals surface area (Å²) in [5.74, 6) is -1.65. The first-order chi connectivity index (χ1) is 9.04. The van der Waals surface area contributed by atoms with Gasteiger partial charge in [0, 0.05) is 11.8 Å². The fraction of sp³-hybridized carbons (Fsp3) is 0.0769. The van der Waals surface area contributed by atoms with E-state index in [9.17, 15) is 8.78 Å². The van der Waals surface area contributed by atoms with Gasteiger partial charge in [-0.05, 0) is 36.2 Å². The molecule has 19 heavy (non-hydrogen) atoms. The first-order valence-corrected chi connectivity index (χ1v) is 5.62. The molecule has 0 radical (unpaired) electrons. The number of nitrogen functional groups attached to an aromatic ring is 1. The van der Waals surface area contributed by atoms with Gasteiger partial charge in [-0.25, -0.2) is 13.3 Å². The molecule has 6 heteroatoms. The molecule has 0 fully saturated rings. The van der Waals surface area contributed by atoms with E-state index in [1.165, 1.54) is 10.6 Å². The number of fused-ring (bicyclic) bond motifs is 1. The van der Waals surface area contributed by atoms with Crippen molar-refractivity contribution in [3.8, 4) is 11.1 Å². The Morgan fingerprint density at radius 2 is 1.95 bits per heavy atom. The Balaban J connectivity index is 2.31. The summed E-state index contributed by atoms with van der Waals surface area (Å²) in [6.45, 7) is 1.88. The zero-order valence-electron chi connectivity index (χ0n) is 10.1. The zero-order valence-corrected chi connectivity index (χ0v) is 10.1. The molecule has 3 rings (SSSR count). The predicted octanol–water partition coefficient (Wildman–Crippen LogP) is 2.57. The lowest BCUT2D eigenvalue weighted by Gasteiger charge is -2.05. The average molecular weight is 260 g/mol. The number of halogens is 2. The Kier molecular flexibility index (Phi) is 2.45. The molecule has 0 saturated heterocycles. The van der Waals surface area contributed by atoms with Gasteiger partial charge in [-0.3, -0.25) is 0 Å². The summed E-state index contributed by atoms with van der Waals surface area (Å²) in [5, 5.41) is 4.02. The lowest BCUT2D eigenvalue weighted by molar-refractivity contribution is 0.509. The van der Waals surface area contributed by atoms with Crippen molar-refractivity contribution in [2.24, 2.45) is 0 Å². The van der Waals surface area contributed by atoms with Crippen LogP contribution in [-0.2, 0) is 0 Å². The molecule has 4 nitrogen and oxygen atoms in total. The molecule has 96 valence electrons. The van der Waals surface area contributed by atoms with Crippen LogP contribution in [0.25, 0.3) is 16.8 Å². The molecular weight excluding hydrogens is 250 g/mol. The van der Waals surface area contributed by atoms with Gasteiger partial charge in [-0.1, -0.05) is 6.07 Å². The minimum absolute atomic E-state index is 0.134. The van der Waals surface area contributed by atoms with Gasteiger partial charge >= 0.3 is 0 Å². The van der Waals surface area contributed by atoms with Gasteiger partial charge in [0.15, 0.2) is 17.3 Å². The van der Waals surface area contributed by atoms with E-state index in [0.717, 1.165) is 17.7 Å². The molecule has 2 N–H and O–H groups in total. The maximum atomic E-state index is 13.3. The first kappa shape index (κ1) is 11.6. The fourth-order valence-corrected chi connectivity index (χ4v) is 2.01. The number of hydrogen-bond donors (Lipinski definition) is 1. The van der Waals surface area contributed by atoms with Crippen LogP contribution in [-0.4, -0.2) is 14.6 Å². The van der Waals surface area contributed by atoms with E-state index in [1.807, 2.05) is 13.0 Å². The summed E-state index contributed by atoms with van der Waals surface area (Å²) in [6, 6.07) is 5.55. The molecule has 2 heterocycles. The lowest BCUT2D eigenvalue weighted by Crippen LogP contribution is -1.93. The molecule has 1 aromatic carbocycles. The summed E-state index contributed by atoms with van der Waals surface area (Å²) in [4.78, 5) is 4.10. The van der Waals surface area contributed by atoms with E-state index in [4.69, 9.17) is 5.73 Å². The lowest BCUT2D eigenvalue weighted by atomic mass is 10.1. The van der Waals surface area contributed by atoms with Crippen LogP contribution >= 0.6 is 0 Å². The highest BCUT2D eigenvalue weighted by atomic mass is 19.2. The summed E-state index contributed by atoms with van der Waals surface area (Å²) >= 11 is 0. The second-order valence-corrected chi connectivity index (χ2v) is 4.30. The maximum absolute atomic E-state index is 13.3. The second-order valence-electron chi connectivity index (χ2n) is 4.30. The van der Waals surface area contributed by atoms with E-state index in [0.29, 0.717) is 16.8 Å². The van der Waals surface area contributed by atoms with Crippen LogP contribution in [0.3, 0.4) is 0 Å². The zero-order chi connectivity index (χ0) is 13.6. The number of rotatable bonds is 1. The molecule has 0 aliphatic rings. The van der Waals surface area contributed by atoms with Gasteiger partial charge in [-0.2, -0.15) is 4.98 Å². The molecule has 0 amide bonds. The number of benzene rings is 1. The number of pyridine rings is 1. The van der Waals surface area contributed by atoms with E-state index in [-0.39, 0.29) is 5.95 Å². The summed E-state index contributed by atoms with van der Waals surface area (Å²) in [7, 11) is 0. The molecule has 2 aromatic heterocycles. The number of nitrogens with zero attached hydrogens (tertiary/aromatic N) is 3. The Bertz CT molecular complexity index is 780. The van der Waals surface area contributed by atoms with Crippen LogP contribution in [0, 0.1) is 18.6 Å². The van der Waals surface area contributed by atoms with Crippen molar-refractivity contribution in [3.63, 3.8) is 0 Å². The molecule has 0 spiro atoms. The Morgan fingerprint density at radius 1 is 1.16 bits per heavy atom. The Labute approximate surface area is 107 Å². The fourth-order valence-electron chi connectivity index (χ4n) is 2.01. The minimum Gasteiger partial charge on any atom is -0.366 e. The number of anilines is 1. The van der Waals surface area contributed by atoms with Gasteiger partial charge in [0.25, 0.3) is 0 Å². The predicted molar refractivity (Wildman–Crippen MR) is 67.5 cm³/mol. The van der Waals surface area contributed by atoms with Crippen LogP contribution in [0.4, 0.5) is 14.7 Å². The van der Waals surface area contributed by atoms with Crippen molar-refractivity contribution in [2.75, 3.05) is 5.73 Å². The molecule has 0 atom stereocenters.